The quantitative estimate of drug-likeness (QED) is 0.510. The van der Waals surface area contributed by atoms with Crippen molar-refractivity contribution in [2.75, 3.05) is 17.5 Å². The second-order valence-electron chi connectivity index (χ2n) is 6.86. The van der Waals surface area contributed by atoms with Crippen LogP contribution in [0.25, 0.3) is 0 Å². The molecule has 0 aromatic heterocycles. The third-order valence-electron chi connectivity index (χ3n) is 4.34. The first kappa shape index (κ1) is 24.2. The van der Waals surface area contributed by atoms with E-state index in [1.54, 1.807) is 0 Å². The minimum absolute atomic E-state index is 0.0717. The fraction of sp³-hybridized carbons (Fsp3) is 0.350. The Morgan fingerprint density at radius 2 is 1.57 bits per heavy atom. The number of nitrogens with one attached hydrogen (secondary N) is 2. The van der Waals surface area contributed by atoms with Crippen LogP contribution in [-0.2, 0) is 19.9 Å². The van der Waals surface area contributed by atoms with Crippen LogP contribution < -0.4 is 10.0 Å². The van der Waals surface area contributed by atoms with Gasteiger partial charge in [-0.1, -0.05) is 37.8 Å². The van der Waals surface area contributed by atoms with Crippen LogP contribution >= 0.6 is 11.6 Å². The minimum Gasteiger partial charge on any atom is -0.352 e. The van der Waals surface area contributed by atoms with Gasteiger partial charge in [0.05, 0.1) is 20.4 Å². The van der Waals surface area contributed by atoms with E-state index < -0.39 is 25.8 Å². The Bertz CT molecular complexity index is 1100. The molecule has 7 nitrogen and oxygen atoms in total. The molecule has 0 atom stereocenters. The van der Waals surface area contributed by atoms with Crippen LogP contribution in [0.15, 0.2) is 52.3 Å². The molecule has 2 aromatic carbocycles. The second kappa shape index (κ2) is 10.3. The molecule has 30 heavy (non-hydrogen) atoms. The highest BCUT2D eigenvalue weighted by molar-refractivity contribution is 7.92. The SMILES string of the molecule is CCCCCCNC(=O)c1cc(S(=O)(=O)Nc2ccc(S(C)(=O)=O)cc2)ccc1Cl. The number of hydrogen-bond donors (Lipinski definition) is 2. The standard InChI is InChI=1S/C20H25ClN2O5S2/c1-3-4-5-6-13-22-20(24)18-14-17(11-12-19(18)21)30(27,28)23-15-7-9-16(10-8-15)29(2,25)26/h7-12,14,23H,3-6,13H2,1-2H3,(H,22,24). The maximum atomic E-state index is 12.7. The Hall–Kier alpha value is -2.10. The molecule has 1 amide bonds. The zero-order valence-corrected chi connectivity index (χ0v) is 19.2. The number of rotatable bonds is 10. The molecule has 0 heterocycles. The van der Waals surface area contributed by atoms with Crippen molar-refractivity contribution in [3.63, 3.8) is 0 Å². The summed E-state index contributed by atoms with van der Waals surface area (Å²) in [5, 5.41) is 2.90. The average molecular weight is 473 g/mol. The van der Waals surface area contributed by atoms with Gasteiger partial charge in [0.15, 0.2) is 9.84 Å². The van der Waals surface area contributed by atoms with Crippen LogP contribution in [0.5, 0.6) is 0 Å². The summed E-state index contributed by atoms with van der Waals surface area (Å²) in [7, 11) is -7.39. The van der Waals surface area contributed by atoms with E-state index in [9.17, 15) is 21.6 Å². The summed E-state index contributed by atoms with van der Waals surface area (Å²) in [5.74, 6) is -0.439. The van der Waals surface area contributed by atoms with Crippen LogP contribution in [0.4, 0.5) is 5.69 Å². The van der Waals surface area contributed by atoms with E-state index >= 15 is 0 Å². The number of sulfone groups is 1. The zero-order valence-electron chi connectivity index (χ0n) is 16.8. The Morgan fingerprint density at radius 1 is 0.933 bits per heavy atom. The maximum Gasteiger partial charge on any atom is 0.261 e. The Morgan fingerprint density at radius 3 is 2.17 bits per heavy atom. The largest absolute Gasteiger partial charge is 0.352 e. The minimum atomic E-state index is -4.01. The first-order chi connectivity index (χ1) is 14.0. The van der Waals surface area contributed by atoms with Gasteiger partial charge in [-0.25, -0.2) is 16.8 Å². The summed E-state index contributed by atoms with van der Waals surface area (Å²) in [5.41, 5.74) is 0.265. The molecule has 2 N–H and O–H groups in total. The summed E-state index contributed by atoms with van der Waals surface area (Å²) >= 11 is 6.09. The number of hydrogen-bond acceptors (Lipinski definition) is 5. The summed E-state index contributed by atoms with van der Waals surface area (Å²) < 4.78 is 50.8. The molecule has 0 saturated heterocycles. The molecule has 0 fully saturated rings. The summed E-state index contributed by atoms with van der Waals surface area (Å²) in [6, 6.07) is 9.21. The first-order valence-corrected chi connectivity index (χ1v) is 13.2. The fourth-order valence-electron chi connectivity index (χ4n) is 2.68. The molecule has 0 saturated carbocycles. The van der Waals surface area contributed by atoms with Crippen molar-refractivity contribution >= 4 is 43.1 Å². The molecule has 0 aliphatic carbocycles. The Labute approximate surface area is 182 Å². The van der Waals surface area contributed by atoms with Crippen molar-refractivity contribution in [2.24, 2.45) is 0 Å². The second-order valence-corrected chi connectivity index (χ2v) is 11.0. The van der Waals surface area contributed by atoms with Crippen LogP contribution in [0, 0.1) is 0 Å². The van der Waals surface area contributed by atoms with Gasteiger partial charge in [0.1, 0.15) is 0 Å². The first-order valence-electron chi connectivity index (χ1n) is 9.45. The normalized spacial score (nSPS) is 11.8. The lowest BCUT2D eigenvalue weighted by molar-refractivity contribution is 0.0953. The third kappa shape index (κ3) is 6.72. The highest BCUT2D eigenvalue weighted by atomic mass is 35.5. The molecule has 0 spiro atoms. The average Bonchev–Trinajstić information content (AvgIpc) is 2.67. The lowest BCUT2D eigenvalue weighted by Gasteiger charge is -2.11. The number of benzene rings is 2. The van der Waals surface area contributed by atoms with E-state index in [0.29, 0.717) is 6.54 Å². The smallest absolute Gasteiger partial charge is 0.261 e. The van der Waals surface area contributed by atoms with E-state index in [1.807, 2.05) is 0 Å². The van der Waals surface area contributed by atoms with E-state index in [2.05, 4.69) is 17.0 Å². The van der Waals surface area contributed by atoms with Gasteiger partial charge in [0.25, 0.3) is 15.9 Å². The lowest BCUT2D eigenvalue weighted by atomic mass is 10.2. The van der Waals surface area contributed by atoms with E-state index in [0.717, 1.165) is 31.9 Å². The lowest BCUT2D eigenvalue weighted by Crippen LogP contribution is -2.25. The van der Waals surface area contributed by atoms with Crippen molar-refractivity contribution in [2.45, 2.75) is 42.4 Å². The predicted octanol–water partition coefficient (Wildman–Crippen LogP) is 3.85. The summed E-state index contributed by atoms with van der Waals surface area (Å²) in [6.45, 7) is 2.58. The molecule has 10 heteroatoms. The van der Waals surface area contributed by atoms with E-state index in [-0.39, 0.29) is 26.1 Å². The van der Waals surface area contributed by atoms with Gasteiger partial charge in [-0.05, 0) is 48.9 Å². The molecule has 0 aliphatic heterocycles. The molecule has 0 radical (unpaired) electrons. The molecule has 0 unspecified atom stereocenters. The predicted molar refractivity (Wildman–Crippen MR) is 118 cm³/mol. The van der Waals surface area contributed by atoms with Gasteiger partial charge in [-0.3, -0.25) is 9.52 Å². The number of carbonyl (C=O) groups excluding carboxylic acids is 1. The molecular formula is C20H25ClN2O5S2. The number of carbonyl (C=O) groups is 1. The molecule has 164 valence electrons. The zero-order chi connectivity index (χ0) is 22.4. The fourth-order valence-corrected chi connectivity index (χ4v) is 4.60. The van der Waals surface area contributed by atoms with Crippen LogP contribution in [0.2, 0.25) is 5.02 Å². The van der Waals surface area contributed by atoms with Crippen molar-refractivity contribution in [3.05, 3.63) is 53.1 Å². The number of sulfonamides is 1. The number of amides is 1. The molecule has 0 aliphatic rings. The molecule has 0 bridgehead atoms. The van der Waals surface area contributed by atoms with Crippen LogP contribution in [0.1, 0.15) is 43.0 Å². The van der Waals surface area contributed by atoms with E-state index in [1.165, 1.54) is 42.5 Å². The molecule has 2 rings (SSSR count). The van der Waals surface area contributed by atoms with E-state index in [4.69, 9.17) is 11.6 Å². The highest BCUT2D eigenvalue weighted by Crippen LogP contribution is 2.23. The topological polar surface area (TPSA) is 109 Å². The Balaban J connectivity index is 2.16. The number of anilines is 1. The molecule has 2 aromatic rings. The maximum absolute atomic E-state index is 12.7. The highest BCUT2D eigenvalue weighted by Gasteiger charge is 2.19. The van der Waals surface area contributed by atoms with Crippen molar-refractivity contribution in [3.8, 4) is 0 Å². The Kier molecular flexibility index (Phi) is 8.28. The van der Waals surface area contributed by atoms with Gasteiger partial charge >= 0.3 is 0 Å². The number of halogens is 1. The van der Waals surface area contributed by atoms with Gasteiger partial charge in [0.2, 0.25) is 0 Å². The number of unbranched alkanes of at least 4 members (excludes halogenated alkanes) is 3. The van der Waals surface area contributed by atoms with Crippen molar-refractivity contribution in [1.82, 2.24) is 5.32 Å². The monoisotopic (exact) mass is 472 g/mol. The van der Waals surface area contributed by atoms with Crippen LogP contribution in [-0.4, -0.2) is 35.5 Å². The van der Waals surface area contributed by atoms with Gasteiger partial charge in [-0.15, -0.1) is 0 Å². The van der Waals surface area contributed by atoms with Crippen molar-refractivity contribution < 1.29 is 21.6 Å². The van der Waals surface area contributed by atoms with Gasteiger partial charge < -0.3 is 5.32 Å². The summed E-state index contributed by atoms with van der Waals surface area (Å²) in [4.78, 5) is 12.3. The van der Waals surface area contributed by atoms with Crippen molar-refractivity contribution in [1.29, 1.82) is 0 Å². The third-order valence-corrected chi connectivity index (χ3v) is 7.18. The van der Waals surface area contributed by atoms with Gasteiger partial charge in [0, 0.05) is 18.5 Å². The summed E-state index contributed by atoms with van der Waals surface area (Å²) in [6.07, 6.45) is 5.07. The molecular weight excluding hydrogens is 448 g/mol. The van der Waals surface area contributed by atoms with Crippen LogP contribution in [0.3, 0.4) is 0 Å². The van der Waals surface area contributed by atoms with Gasteiger partial charge in [-0.2, -0.15) is 0 Å².